The average Bonchev–Trinajstić information content (AvgIpc) is 2.74. The Hall–Kier alpha value is -1.46. The second kappa shape index (κ2) is 5.25. The van der Waals surface area contributed by atoms with Gasteiger partial charge in [0.25, 0.3) is 0 Å². The van der Waals surface area contributed by atoms with E-state index in [9.17, 15) is 14.3 Å². The molecule has 0 bridgehead atoms. The molecule has 1 amide bonds. The molecule has 0 spiro atoms. The first-order valence-electron chi connectivity index (χ1n) is 5.59. The van der Waals surface area contributed by atoms with E-state index in [1.165, 1.54) is 6.07 Å². The summed E-state index contributed by atoms with van der Waals surface area (Å²) in [7, 11) is 0. The molecule has 2 atom stereocenters. The van der Waals surface area contributed by atoms with Gasteiger partial charge in [0.05, 0.1) is 12.1 Å². The van der Waals surface area contributed by atoms with Crippen molar-refractivity contribution in [2.75, 3.05) is 6.54 Å². The van der Waals surface area contributed by atoms with Crippen molar-refractivity contribution in [3.05, 3.63) is 35.6 Å². The number of benzene rings is 1. The van der Waals surface area contributed by atoms with Gasteiger partial charge in [0, 0.05) is 18.7 Å². The number of carbonyl (C=O) groups is 1. The summed E-state index contributed by atoms with van der Waals surface area (Å²) in [6.45, 7) is 0.595. The molecule has 4 nitrogen and oxygen atoms in total. The minimum atomic E-state index is -0.473. The molecule has 1 heterocycles. The number of rotatable bonds is 3. The molecule has 1 aliphatic rings. The smallest absolute Gasteiger partial charge is 0.237 e. The van der Waals surface area contributed by atoms with Crippen molar-refractivity contribution < 1.29 is 14.3 Å². The van der Waals surface area contributed by atoms with Gasteiger partial charge in [-0.1, -0.05) is 18.2 Å². The van der Waals surface area contributed by atoms with Gasteiger partial charge in [-0.25, -0.2) is 4.39 Å². The quantitative estimate of drug-likeness (QED) is 0.703. The van der Waals surface area contributed by atoms with E-state index in [2.05, 4.69) is 10.6 Å². The SMILES string of the molecule is O=C(NCc1ccccc1F)[C@H]1C[C@@H](O)CN1. The molecule has 1 aromatic rings. The highest BCUT2D eigenvalue weighted by molar-refractivity contribution is 5.82. The lowest BCUT2D eigenvalue weighted by molar-refractivity contribution is -0.123. The third-order valence-corrected chi connectivity index (χ3v) is 2.84. The van der Waals surface area contributed by atoms with E-state index >= 15 is 0 Å². The molecule has 0 unspecified atom stereocenters. The van der Waals surface area contributed by atoms with E-state index in [0.29, 0.717) is 18.5 Å². The number of hydrogen-bond donors (Lipinski definition) is 3. The lowest BCUT2D eigenvalue weighted by Gasteiger charge is -2.11. The number of amides is 1. The summed E-state index contributed by atoms with van der Waals surface area (Å²) in [4.78, 5) is 11.7. The summed E-state index contributed by atoms with van der Waals surface area (Å²) >= 11 is 0. The van der Waals surface area contributed by atoms with Crippen molar-refractivity contribution in [3.63, 3.8) is 0 Å². The van der Waals surface area contributed by atoms with Crippen molar-refractivity contribution in [1.29, 1.82) is 0 Å². The number of hydrogen-bond acceptors (Lipinski definition) is 3. The van der Waals surface area contributed by atoms with Gasteiger partial charge in [-0.05, 0) is 12.5 Å². The maximum Gasteiger partial charge on any atom is 0.237 e. The molecular weight excluding hydrogens is 223 g/mol. The van der Waals surface area contributed by atoms with Crippen molar-refractivity contribution in [3.8, 4) is 0 Å². The summed E-state index contributed by atoms with van der Waals surface area (Å²) in [5.74, 6) is -0.531. The molecule has 1 saturated heterocycles. The van der Waals surface area contributed by atoms with Crippen molar-refractivity contribution in [2.45, 2.75) is 25.1 Å². The van der Waals surface area contributed by atoms with E-state index in [1.807, 2.05) is 0 Å². The van der Waals surface area contributed by atoms with Crippen LogP contribution in [0.4, 0.5) is 4.39 Å². The Morgan fingerprint density at radius 1 is 1.53 bits per heavy atom. The molecule has 0 radical (unpaired) electrons. The number of aliphatic hydroxyl groups is 1. The van der Waals surface area contributed by atoms with Crippen LogP contribution in [0.25, 0.3) is 0 Å². The molecule has 2 rings (SSSR count). The van der Waals surface area contributed by atoms with Crippen molar-refractivity contribution in [2.24, 2.45) is 0 Å². The molecule has 1 aliphatic heterocycles. The molecule has 0 aromatic heterocycles. The number of carbonyl (C=O) groups excluding carboxylic acids is 1. The van der Waals surface area contributed by atoms with Gasteiger partial charge < -0.3 is 15.7 Å². The third kappa shape index (κ3) is 3.01. The molecule has 92 valence electrons. The fraction of sp³-hybridized carbons (Fsp3) is 0.417. The predicted octanol–water partition coefficient (Wildman–Crippen LogP) is 0.165. The van der Waals surface area contributed by atoms with Crippen LogP contribution in [0.3, 0.4) is 0 Å². The Labute approximate surface area is 98.8 Å². The van der Waals surface area contributed by atoms with Gasteiger partial charge in [-0.2, -0.15) is 0 Å². The zero-order valence-electron chi connectivity index (χ0n) is 9.32. The first-order valence-corrected chi connectivity index (χ1v) is 5.59. The minimum Gasteiger partial charge on any atom is -0.392 e. The third-order valence-electron chi connectivity index (χ3n) is 2.84. The first kappa shape index (κ1) is 12.0. The predicted molar refractivity (Wildman–Crippen MR) is 60.7 cm³/mol. The topological polar surface area (TPSA) is 61.4 Å². The Bertz CT molecular complexity index is 411. The summed E-state index contributed by atoms with van der Waals surface area (Å²) in [5.41, 5.74) is 0.458. The highest BCUT2D eigenvalue weighted by atomic mass is 19.1. The molecule has 0 saturated carbocycles. The number of aliphatic hydroxyl groups excluding tert-OH is 1. The van der Waals surface area contributed by atoms with Gasteiger partial charge in [-0.15, -0.1) is 0 Å². The van der Waals surface area contributed by atoms with E-state index in [4.69, 9.17) is 0 Å². The first-order chi connectivity index (χ1) is 8.16. The van der Waals surface area contributed by atoms with Gasteiger partial charge >= 0.3 is 0 Å². The van der Waals surface area contributed by atoms with E-state index in [0.717, 1.165) is 0 Å². The van der Waals surface area contributed by atoms with E-state index < -0.39 is 6.10 Å². The molecule has 0 aliphatic carbocycles. The van der Waals surface area contributed by atoms with Crippen LogP contribution in [0.2, 0.25) is 0 Å². The maximum atomic E-state index is 13.3. The molecule has 1 aromatic carbocycles. The highest BCUT2D eigenvalue weighted by Gasteiger charge is 2.27. The highest BCUT2D eigenvalue weighted by Crippen LogP contribution is 2.08. The van der Waals surface area contributed by atoms with Crippen LogP contribution in [0.15, 0.2) is 24.3 Å². The summed E-state index contributed by atoms with van der Waals surface area (Å²) in [6, 6.07) is 5.94. The van der Waals surface area contributed by atoms with Crippen LogP contribution in [-0.2, 0) is 11.3 Å². The Morgan fingerprint density at radius 3 is 2.94 bits per heavy atom. The van der Waals surface area contributed by atoms with Gasteiger partial charge in [-0.3, -0.25) is 4.79 Å². The van der Waals surface area contributed by atoms with Crippen LogP contribution in [0.5, 0.6) is 0 Å². The molecule has 17 heavy (non-hydrogen) atoms. The largest absolute Gasteiger partial charge is 0.392 e. The zero-order chi connectivity index (χ0) is 12.3. The Kier molecular flexibility index (Phi) is 3.71. The van der Waals surface area contributed by atoms with E-state index in [-0.39, 0.29) is 24.3 Å². The monoisotopic (exact) mass is 238 g/mol. The average molecular weight is 238 g/mol. The van der Waals surface area contributed by atoms with Crippen LogP contribution < -0.4 is 10.6 Å². The molecule has 5 heteroatoms. The van der Waals surface area contributed by atoms with Crippen LogP contribution >= 0.6 is 0 Å². The van der Waals surface area contributed by atoms with Crippen LogP contribution in [0, 0.1) is 5.82 Å². The minimum absolute atomic E-state index is 0.166. The van der Waals surface area contributed by atoms with Crippen molar-refractivity contribution in [1.82, 2.24) is 10.6 Å². The van der Waals surface area contributed by atoms with E-state index in [1.54, 1.807) is 18.2 Å². The number of halogens is 1. The second-order valence-corrected chi connectivity index (χ2v) is 4.16. The Morgan fingerprint density at radius 2 is 2.29 bits per heavy atom. The number of nitrogens with one attached hydrogen (secondary N) is 2. The lowest BCUT2D eigenvalue weighted by Crippen LogP contribution is -2.40. The molecular formula is C12H15FN2O2. The maximum absolute atomic E-state index is 13.3. The molecule has 1 fully saturated rings. The van der Waals surface area contributed by atoms with Crippen LogP contribution in [-0.4, -0.2) is 29.7 Å². The van der Waals surface area contributed by atoms with Gasteiger partial charge in [0.2, 0.25) is 5.91 Å². The fourth-order valence-corrected chi connectivity index (χ4v) is 1.86. The molecule has 3 N–H and O–H groups in total. The summed E-state index contributed by atoms with van der Waals surface area (Å²) < 4.78 is 13.3. The standard InChI is InChI=1S/C12H15FN2O2/c13-10-4-2-1-3-8(10)6-15-12(17)11-5-9(16)7-14-11/h1-4,9,11,14,16H,5-7H2,(H,15,17)/t9-,11-/m1/s1. The summed E-state index contributed by atoms with van der Waals surface area (Å²) in [5, 5.41) is 14.8. The summed E-state index contributed by atoms with van der Waals surface area (Å²) in [6.07, 6.45) is -0.0671. The van der Waals surface area contributed by atoms with Gasteiger partial charge in [0.1, 0.15) is 5.82 Å². The normalized spacial score (nSPS) is 23.6. The fourth-order valence-electron chi connectivity index (χ4n) is 1.86. The lowest BCUT2D eigenvalue weighted by atomic mass is 10.1. The van der Waals surface area contributed by atoms with Gasteiger partial charge in [0.15, 0.2) is 0 Å². The Balaban J connectivity index is 1.86. The van der Waals surface area contributed by atoms with Crippen molar-refractivity contribution >= 4 is 5.91 Å². The number of β-amino-alcohol motifs (C(OH)–C–C–N with tert-alkyl or cyclic N) is 1. The van der Waals surface area contributed by atoms with Crippen LogP contribution in [0.1, 0.15) is 12.0 Å². The zero-order valence-corrected chi connectivity index (χ0v) is 9.32. The second-order valence-electron chi connectivity index (χ2n) is 4.16.